The lowest BCUT2D eigenvalue weighted by Crippen LogP contribution is -1.98. The van der Waals surface area contributed by atoms with Crippen molar-refractivity contribution in [2.24, 2.45) is 0 Å². The van der Waals surface area contributed by atoms with Crippen LogP contribution in [0.25, 0.3) is 0 Å². The van der Waals surface area contributed by atoms with Gasteiger partial charge in [-0.3, -0.25) is 0 Å². The normalized spacial score (nSPS) is 10.4. The van der Waals surface area contributed by atoms with Gasteiger partial charge in [0, 0.05) is 0 Å². The second-order valence-corrected chi connectivity index (χ2v) is 5.13. The number of aromatic nitrogens is 2. The highest BCUT2D eigenvalue weighted by Crippen LogP contribution is 2.28. The van der Waals surface area contributed by atoms with Crippen molar-refractivity contribution in [1.82, 2.24) is 10.2 Å². The van der Waals surface area contributed by atoms with Crippen molar-refractivity contribution in [3.63, 3.8) is 0 Å². The molecule has 0 aliphatic rings. The molecule has 2 aromatic carbocycles. The van der Waals surface area contributed by atoms with Crippen molar-refractivity contribution < 1.29 is 18.6 Å². The molecule has 0 amide bonds. The lowest BCUT2D eigenvalue weighted by atomic mass is 10.2. The summed E-state index contributed by atoms with van der Waals surface area (Å²) in [6.07, 6.45) is 0. The molecule has 0 unspecified atom stereocenters. The van der Waals surface area contributed by atoms with Crippen molar-refractivity contribution in [3.05, 3.63) is 65.9 Å². The molecule has 124 valence electrons. The summed E-state index contributed by atoms with van der Waals surface area (Å²) >= 11 is 0. The number of hydrogen-bond donors (Lipinski definition) is 0. The molecule has 0 spiro atoms. The van der Waals surface area contributed by atoms with E-state index in [2.05, 4.69) is 10.2 Å². The SMILES string of the molecule is COc1cc(C)ccc1OCc1nnc(COc2ccccc2)o1. The quantitative estimate of drug-likeness (QED) is 0.661. The maximum Gasteiger partial charge on any atom is 0.254 e. The van der Waals surface area contributed by atoms with Crippen LogP contribution in [0.4, 0.5) is 0 Å². The zero-order valence-corrected chi connectivity index (χ0v) is 13.6. The van der Waals surface area contributed by atoms with E-state index in [4.69, 9.17) is 18.6 Å². The van der Waals surface area contributed by atoms with Gasteiger partial charge < -0.3 is 18.6 Å². The summed E-state index contributed by atoms with van der Waals surface area (Å²) in [4.78, 5) is 0. The Morgan fingerprint density at radius 3 is 2.29 bits per heavy atom. The van der Waals surface area contributed by atoms with Crippen LogP contribution in [0, 0.1) is 6.92 Å². The number of aryl methyl sites for hydroxylation is 1. The monoisotopic (exact) mass is 326 g/mol. The number of nitrogens with zero attached hydrogens (tertiary/aromatic N) is 2. The Labute approximate surface area is 140 Å². The second kappa shape index (κ2) is 7.50. The molecule has 0 bridgehead atoms. The summed E-state index contributed by atoms with van der Waals surface area (Å²) in [5.41, 5.74) is 1.09. The molecule has 0 aliphatic heterocycles. The van der Waals surface area contributed by atoms with Gasteiger partial charge in [0.2, 0.25) is 0 Å². The van der Waals surface area contributed by atoms with Gasteiger partial charge in [0.1, 0.15) is 5.75 Å². The average molecular weight is 326 g/mol. The van der Waals surface area contributed by atoms with Gasteiger partial charge in [-0.25, -0.2) is 0 Å². The Bertz CT molecular complexity index is 787. The predicted molar refractivity (Wildman–Crippen MR) is 87.1 cm³/mol. The zero-order chi connectivity index (χ0) is 16.8. The van der Waals surface area contributed by atoms with E-state index < -0.39 is 0 Å². The molecule has 0 saturated carbocycles. The van der Waals surface area contributed by atoms with Crippen molar-refractivity contribution in [2.75, 3.05) is 7.11 Å². The Morgan fingerprint density at radius 2 is 1.58 bits per heavy atom. The molecular formula is C18H18N2O4. The van der Waals surface area contributed by atoms with E-state index in [1.54, 1.807) is 7.11 Å². The average Bonchev–Trinajstić information content (AvgIpc) is 3.07. The van der Waals surface area contributed by atoms with Crippen LogP contribution in [0.15, 0.2) is 52.9 Å². The first-order chi connectivity index (χ1) is 11.7. The number of rotatable bonds is 7. The summed E-state index contributed by atoms with van der Waals surface area (Å²) in [5.74, 6) is 2.82. The van der Waals surface area contributed by atoms with Crippen molar-refractivity contribution >= 4 is 0 Å². The van der Waals surface area contributed by atoms with E-state index in [9.17, 15) is 0 Å². The van der Waals surface area contributed by atoms with E-state index in [1.165, 1.54) is 0 Å². The molecule has 1 aromatic heterocycles. The lowest BCUT2D eigenvalue weighted by molar-refractivity contribution is 0.226. The predicted octanol–water partition coefficient (Wildman–Crippen LogP) is 3.54. The molecule has 3 rings (SSSR count). The van der Waals surface area contributed by atoms with Gasteiger partial charge in [-0.2, -0.15) is 0 Å². The maximum absolute atomic E-state index is 5.68. The second-order valence-electron chi connectivity index (χ2n) is 5.13. The highest BCUT2D eigenvalue weighted by molar-refractivity contribution is 5.42. The molecule has 0 fully saturated rings. The number of benzene rings is 2. The molecule has 0 N–H and O–H groups in total. The van der Waals surface area contributed by atoms with Gasteiger partial charge in [0.15, 0.2) is 24.7 Å². The molecule has 0 aliphatic carbocycles. The summed E-state index contributed by atoms with van der Waals surface area (Å²) in [5, 5.41) is 7.90. The topological polar surface area (TPSA) is 66.6 Å². The fourth-order valence-corrected chi connectivity index (χ4v) is 2.10. The fraction of sp³-hybridized carbons (Fsp3) is 0.222. The van der Waals surface area contributed by atoms with Crippen LogP contribution in [0.3, 0.4) is 0 Å². The van der Waals surface area contributed by atoms with Crippen LogP contribution in [0.2, 0.25) is 0 Å². The Morgan fingerprint density at radius 1 is 0.875 bits per heavy atom. The minimum absolute atomic E-state index is 0.164. The van der Waals surface area contributed by atoms with Crippen LogP contribution in [-0.4, -0.2) is 17.3 Å². The van der Waals surface area contributed by atoms with Crippen LogP contribution in [0.5, 0.6) is 17.2 Å². The third kappa shape index (κ3) is 4.04. The van der Waals surface area contributed by atoms with Gasteiger partial charge in [0.05, 0.1) is 7.11 Å². The molecule has 0 saturated heterocycles. The molecule has 3 aromatic rings. The molecular weight excluding hydrogens is 308 g/mol. The number of hydrogen-bond acceptors (Lipinski definition) is 6. The summed E-state index contributed by atoms with van der Waals surface area (Å²) in [6, 6.07) is 15.2. The Kier molecular flexibility index (Phi) is 4.96. The van der Waals surface area contributed by atoms with E-state index in [-0.39, 0.29) is 13.2 Å². The number of ether oxygens (including phenoxy) is 3. The Balaban J connectivity index is 1.56. The first-order valence-corrected chi connectivity index (χ1v) is 7.51. The van der Waals surface area contributed by atoms with E-state index >= 15 is 0 Å². The third-order valence-corrected chi connectivity index (χ3v) is 3.28. The van der Waals surface area contributed by atoms with Gasteiger partial charge in [-0.1, -0.05) is 24.3 Å². The molecule has 1 heterocycles. The van der Waals surface area contributed by atoms with E-state index in [0.29, 0.717) is 23.3 Å². The van der Waals surface area contributed by atoms with E-state index in [1.807, 2.05) is 55.5 Å². The van der Waals surface area contributed by atoms with Crippen LogP contribution in [-0.2, 0) is 13.2 Å². The van der Waals surface area contributed by atoms with Crippen LogP contribution < -0.4 is 14.2 Å². The standard InChI is InChI=1S/C18H18N2O4/c1-13-8-9-15(16(10-13)21-2)23-12-18-20-19-17(24-18)11-22-14-6-4-3-5-7-14/h3-10H,11-12H2,1-2H3. The van der Waals surface area contributed by atoms with Crippen LogP contribution in [0.1, 0.15) is 17.3 Å². The smallest absolute Gasteiger partial charge is 0.254 e. The van der Waals surface area contributed by atoms with Crippen molar-refractivity contribution in [3.8, 4) is 17.2 Å². The third-order valence-electron chi connectivity index (χ3n) is 3.28. The zero-order valence-electron chi connectivity index (χ0n) is 13.6. The van der Waals surface area contributed by atoms with Gasteiger partial charge in [-0.15, -0.1) is 10.2 Å². The first-order valence-electron chi connectivity index (χ1n) is 7.51. The minimum atomic E-state index is 0.164. The maximum atomic E-state index is 5.68. The highest BCUT2D eigenvalue weighted by Gasteiger charge is 2.10. The largest absolute Gasteiger partial charge is 0.493 e. The minimum Gasteiger partial charge on any atom is -0.493 e. The van der Waals surface area contributed by atoms with Gasteiger partial charge in [0.25, 0.3) is 11.8 Å². The van der Waals surface area contributed by atoms with Crippen molar-refractivity contribution in [2.45, 2.75) is 20.1 Å². The molecule has 0 radical (unpaired) electrons. The summed E-state index contributed by atoms with van der Waals surface area (Å²) in [6.45, 7) is 2.37. The summed E-state index contributed by atoms with van der Waals surface area (Å²) in [7, 11) is 1.60. The summed E-state index contributed by atoms with van der Waals surface area (Å²) < 4.78 is 22.1. The van der Waals surface area contributed by atoms with Gasteiger partial charge >= 0.3 is 0 Å². The number of methoxy groups -OCH3 is 1. The van der Waals surface area contributed by atoms with Gasteiger partial charge in [-0.05, 0) is 36.8 Å². The number of para-hydroxylation sites is 1. The Hall–Kier alpha value is -3.02. The molecule has 6 nitrogen and oxygen atoms in total. The fourth-order valence-electron chi connectivity index (χ4n) is 2.10. The highest BCUT2D eigenvalue weighted by atomic mass is 16.5. The van der Waals surface area contributed by atoms with Crippen molar-refractivity contribution in [1.29, 1.82) is 0 Å². The lowest BCUT2D eigenvalue weighted by Gasteiger charge is -2.09. The molecule has 6 heteroatoms. The van der Waals surface area contributed by atoms with Crippen LogP contribution >= 0.6 is 0 Å². The van der Waals surface area contributed by atoms with E-state index in [0.717, 1.165) is 11.3 Å². The first kappa shape index (κ1) is 15.9. The molecule has 24 heavy (non-hydrogen) atoms. The molecule has 0 atom stereocenters.